The molecule has 1 N–H and O–H groups in total. The number of hydrogen-bond acceptors (Lipinski definition) is 3. The molecule has 0 aliphatic carbocycles. The molecule has 6 heteroatoms. The van der Waals surface area contributed by atoms with Gasteiger partial charge < -0.3 is 4.98 Å². The Morgan fingerprint density at radius 2 is 1.78 bits per heavy atom. The van der Waals surface area contributed by atoms with Crippen molar-refractivity contribution >= 4 is 22.8 Å². The SMILES string of the molecule is Cc1cccc(CSc2nc3c(-c4ccccc4)c[nH]c3c(=O)n2-c2ccc(F)cc2)c1. The summed E-state index contributed by atoms with van der Waals surface area (Å²) in [6, 6.07) is 24.0. The van der Waals surface area contributed by atoms with Gasteiger partial charge in [-0.2, -0.15) is 0 Å². The molecule has 0 spiro atoms. The van der Waals surface area contributed by atoms with Crippen molar-refractivity contribution in [2.75, 3.05) is 0 Å². The van der Waals surface area contributed by atoms with Crippen LogP contribution in [0.1, 0.15) is 11.1 Å². The number of halogens is 1. The van der Waals surface area contributed by atoms with Crippen LogP contribution in [0.5, 0.6) is 0 Å². The van der Waals surface area contributed by atoms with Gasteiger partial charge in [-0.05, 0) is 42.3 Å². The Hall–Kier alpha value is -3.64. The fourth-order valence-electron chi connectivity index (χ4n) is 3.74. The molecule has 0 saturated heterocycles. The summed E-state index contributed by atoms with van der Waals surface area (Å²) in [5, 5.41) is 0.562. The van der Waals surface area contributed by atoms with Crippen LogP contribution in [0, 0.1) is 12.7 Å². The maximum absolute atomic E-state index is 13.5. The van der Waals surface area contributed by atoms with Gasteiger partial charge in [0.25, 0.3) is 5.56 Å². The minimum Gasteiger partial charge on any atom is -0.355 e. The van der Waals surface area contributed by atoms with E-state index in [0.717, 1.165) is 16.7 Å². The van der Waals surface area contributed by atoms with Crippen molar-refractivity contribution < 1.29 is 4.39 Å². The van der Waals surface area contributed by atoms with Crippen LogP contribution in [0.15, 0.2) is 95.0 Å². The molecule has 0 saturated carbocycles. The predicted molar refractivity (Wildman–Crippen MR) is 128 cm³/mol. The van der Waals surface area contributed by atoms with Gasteiger partial charge in [0.05, 0.1) is 5.69 Å². The summed E-state index contributed by atoms with van der Waals surface area (Å²) in [6.07, 6.45) is 1.82. The second-order valence-corrected chi connectivity index (χ2v) is 8.52. The molecule has 0 aliphatic heterocycles. The van der Waals surface area contributed by atoms with Crippen LogP contribution in [0.3, 0.4) is 0 Å². The Labute approximate surface area is 188 Å². The van der Waals surface area contributed by atoms with Crippen molar-refractivity contribution in [1.29, 1.82) is 0 Å². The zero-order chi connectivity index (χ0) is 22.1. The molecule has 5 aromatic rings. The number of H-pyrrole nitrogens is 1. The highest BCUT2D eigenvalue weighted by Crippen LogP contribution is 2.30. The number of rotatable bonds is 5. The minimum atomic E-state index is -0.351. The topological polar surface area (TPSA) is 50.7 Å². The second kappa shape index (κ2) is 8.48. The number of aromatic nitrogens is 3. The molecule has 32 heavy (non-hydrogen) atoms. The summed E-state index contributed by atoms with van der Waals surface area (Å²) in [6.45, 7) is 2.05. The minimum absolute atomic E-state index is 0.212. The van der Waals surface area contributed by atoms with Gasteiger partial charge in [0.1, 0.15) is 16.9 Å². The molecule has 3 aromatic carbocycles. The van der Waals surface area contributed by atoms with Crippen molar-refractivity contribution in [3.05, 3.63) is 112 Å². The number of benzene rings is 3. The summed E-state index contributed by atoms with van der Waals surface area (Å²) < 4.78 is 15.1. The number of thioether (sulfide) groups is 1. The predicted octanol–water partition coefficient (Wildman–Crippen LogP) is 6.12. The van der Waals surface area contributed by atoms with Crippen molar-refractivity contribution in [2.45, 2.75) is 17.8 Å². The van der Waals surface area contributed by atoms with Crippen LogP contribution in [-0.4, -0.2) is 14.5 Å². The quantitative estimate of drug-likeness (QED) is 0.264. The van der Waals surface area contributed by atoms with Crippen LogP contribution < -0.4 is 5.56 Å². The van der Waals surface area contributed by atoms with Crippen LogP contribution in [-0.2, 0) is 5.75 Å². The van der Waals surface area contributed by atoms with Gasteiger partial charge in [0.15, 0.2) is 5.16 Å². The molecule has 0 amide bonds. The Morgan fingerprint density at radius 1 is 1.00 bits per heavy atom. The average Bonchev–Trinajstić information content (AvgIpc) is 3.24. The molecule has 4 nitrogen and oxygen atoms in total. The van der Waals surface area contributed by atoms with E-state index in [1.807, 2.05) is 42.6 Å². The number of aryl methyl sites for hydroxylation is 1. The van der Waals surface area contributed by atoms with E-state index >= 15 is 0 Å². The summed E-state index contributed by atoms with van der Waals surface area (Å²) in [5.74, 6) is 0.308. The van der Waals surface area contributed by atoms with Crippen molar-refractivity contribution in [1.82, 2.24) is 14.5 Å². The zero-order valence-electron chi connectivity index (χ0n) is 17.4. The summed E-state index contributed by atoms with van der Waals surface area (Å²) in [7, 11) is 0. The number of nitrogens with zero attached hydrogens (tertiary/aromatic N) is 2. The number of nitrogens with one attached hydrogen (secondary N) is 1. The monoisotopic (exact) mass is 441 g/mol. The van der Waals surface area contributed by atoms with E-state index in [1.54, 1.807) is 16.7 Å². The molecule has 0 atom stereocenters. The largest absolute Gasteiger partial charge is 0.355 e. The molecule has 2 heterocycles. The van der Waals surface area contributed by atoms with E-state index < -0.39 is 0 Å². The fourth-order valence-corrected chi connectivity index (χ4v) is 4.69. The van der Waals surface area contributed by atoms with Gasteiger partial charge >= 0.3 is 0 Å². The van der Waals surface area contributed by atoms with Crippen LogP contribution >= 0.6 is 11.8 Å². The molecular formula is C26H20FN3OS. The molecule has 0 unspecified atom stereocenters. The van der Waals surface area contributed by atoms with E-state index in [1.165, 1.54) is 29.5 Å². The summed E-state index contributed by atoms with van der Waals surface area (Å²) in [4.78, 5) is 21.5. The van der Waals surface area contributed by atoms with E-state index in [9.17, 15) is 9.18 Å². The summed E-state index contributed by atoms with van der Waals surface area (Å²) in [5.41, 5.74) is 5.61. The molecule has 158 valence electrons. The zero-order valence-corrected chi connectivity index (χ0v) is 18.2. The lowest BCUT2D eigenvalue weighted by Crippen LogP contribution is -2.21. The molecule has 0 aliphatic rings. The van der Waals surface area contributed by atoms with Gasteiger partial charge in [0.2, 0.25) is 0 Å². The number of fused-ring (bicyclic) bond motifs is 1. The molecule has 2 aromatic heterocycles. The Balaban J connectivity index is 1.67. The van der Waals surface area contributed by atoms with Crippen LogP contribution in [0.2, 0.25) is 0 Å². The third-order valence-electron chi connectivity index (χ3n) is 5.29. The normalized spacial score (nSPS) is 11.2. The maximum Gasteiger partial charge on any atom is 0.283 e. The maximum atomic E-state index is 13.5. The second-order valence-electron chi connectivity index (χ2n) is 7.58. The smallest absolute Gasteiger partial charge is 0.283 e. The van der Waals surface area contributed by atoms with Gasteiger partial charge in [-0.15, -0.1) is 0 Å². The lowest BCUT2D eigenvalue weighted by atomic mass is 10.1. The molecule has 5 rings (SSSR count). The highest BCUT2D eigenvalue weighted by Gasteiger charge is 2.18. The Kier molecular flexibility index (Phi) is 5.37. The lowest BCUT2D eigenvalue weighted by molar-refractivity contribution is 0.627. The van der Waals surface area contributed by atoms with Gasteiger partial charge in [-0.3, -0.25) is 9.36 Å². The molecule has 0 bridgehead atoms. The summed E-state index contributed by atoms with van der Waals surface area (Å²) >= 11 is 1.49. The van der Waals surface area contributed by atoms with Gasteiger partial charge in [0, 0.05) is 17.5 Å². The van der Waals surface area contributed by atoms with Crippen molar-refractivity contribution in [3.63, 3.8) is 0 Å². The first-order valence-electron chi connectivity index (χ1n) is 10.2. The molecular weight excluding hydrogens is 421 g/mol. The van der Waals surface area contributed by atoms with E-state index in [0.29, 0.717) is 27.6 Å². The standard InChI is InChI=1S/C26H20FN3OS/c1-17-6-5-7-18(14-17)16-32-26-29-23-22(19-8-3-2-4-9-19)15-28-24(23)25(31)30(26)21-12-10-20(27)11-13-21/h2-15,28H,16H2,1H3. The Morgan fingerprint density at radius 3 is 2.53 bits per heavy atom. The average molecular weight is 442 g/mol. The lowest BCUT2D eigenvalue weighted by Gasteiger charge is -2.13. The van der Waals surface area contributed by atoms with Crippen LogP contribution in [0.25, 0.3) is 27.8 Å². The molecule has 0 fully saturated rings. The molecule has 0 radical (unpaired) electrons. The van der Waals surface area contributed by atoms with E-state index in [2.05, 4.69) is 30.1 Å². The first-order chi connectivity index (χ1) is 15.6. The van der Waals surface area contributed by atoms with Crippen LogP contribution in [0.4, 0.5) is 4.39 Å². The van der Waals surface area contributed by atoms with Gasteiger partial charge in [-0.1, -0.05) is 71.9 Å². The highest BCUT2D eigenvalue weighted by molar-refractivity contribution is 7.98. The third kappa shape index (κ3) is 3.85. The first-order valence-corrected chi connectivity index (χ1v) is 11.2. The third-order valence-corrected chi connectivity index (χ3v) is 6.30. The van der Waals surface area contributed by atoms with E-state index in [4.69, 9.17) is 4.98 Å². The fraction of sp³-hybridized carbons (Fsp3) is 0.0769. The Bertz CT molecular complexity index is 1460. The highest BCUT2D eigenvalue weighted by atomic mass is 32.2. The van der Waals surface area contributed by atoms with E-state index in [-0.39, 0.29) is 11.4 Å². The van der Waals surface area contributed by atoms with Crippen molar-refractivity contribution in [2.24, 2.45) is 0 Å². The number of aromatic amines is 1. The van der Waals surface area contributed by atoms with Gasteiger partial charge in [-0.25, -0.2) is 9.37 Å². The first kappa shape index (κ1) is 20.3. The van der Waals surface area contributed by atoms with Crippen molar-refractivity contribution in [3.8, 4) is 16.8 Å². The number of hydrogen-bond donors (Lipinski definition) is 1.